The van der Waals surface area contributed by atoms with E-state index in [1.165, 1.54) is 14.2 Å². The molecule has 0 radical (unpaired) electrons. The van der Waals surface area contributed by atoms with E-state index in [1.54, 1.807) is 0 Å². The summed E-state index contributed by atoms with van der Waals surface area (Å²) in [7, 11) is -0.0479. The van der Waals surface area contributed by atoms with Crippen molar-refractivity contribution in [2.45, 2.75) is 142 Å². The van der Waals surface area contributed by atoms with Gasteiger partial charge in [0.25, 0.3) is 0 Å². The Morgan fingerprint density at radius 1 is 0.566 bits per heavy atom. The number of carbonyl (C=O) groups is 4. The number of rotatable bonds is 22. The Labute approximate surface area is 453 Å². The molecule has 0 aliphatic carbocycles. The summed E-state index contributed by atoms with van der Waals surface area (Å²) in [5.74, 6) is 1.05. The lowest BCUT2D eigenvalue weighted by molar-refractivity contribution is -0.136. The zero-order valence-corrected chi connectivity index (χ0v) is 49.4. The zero-order valence-electron chi connectivity index (χ0n) is 47.4. The van der Waals surface area contributed by atoms with Crippen molar-refractivity contribution in [1.82, 2.24) is 39.5 Å². The van der Waals surface area contributed by atoms with E-state index in [4.69, 9.17) is 28.9 Å². The number of nitrogens with zero attached hydrogens (tertiary/aromatic N) is 8. The fraction of sp³-hybridized carbons (Fsp3) is 0.607. The van der Waals surface area contributed by atoms with Crippen molar-refractivity contribution in [2.75, 3.05) is 76.5 Å². The normalized spacial score (nSPS) is 18.1. The van der Waals surface area contributed by atoms with Gasteiger partial charge in [-0.2, -0.15) is 0 Å². The van der Waals surface area contributed by atoms with Gasteiger partial charge in [-0.1, -0.05) is 91.2 Å². The molecule has 7 rings (SSSR count). The fourth-order valence-corrected chi connectivity index (χ4v) is 11.9. The largest absolute Gasteiger partial charge is 0.453 e. The van der Waals surface area contributed by atoms with Gasteiger partial charge in [0.1, 0.15) is 37.2 Å². The van der Waals surface area contributed by atoms with Crippen LogP contribution in [0.5, 0.6) is 0 Å². The molecule has 5 heterocycles. The second-order valence-corrected chi connectivity index (χ2v) is 35.0. The predicted molar refractivity (Wildman–Crippen MR) is 304 cm³/mol. The maximum Gasteiger partial charge on any atom is 0.407 e. The summed E-state index contributed by atoms with van der Waals surface area (Å²) in [5, 5.41) is 5.54. The van der Waals surface area contributed by atoms with E-state index in [1.807, 2.05) is 49.9 Å². The summed E-state index contributed by atoms with van der Waals surface area (Å²) < 4.78 is 26.8. The number of methoxy groups -OCH3 is 2. The average Bonchev–Trinajstić information content (AvgIpc) is 4.24. The number of hydrogen-bond acceptors (Lipinski definition) is 12. The van der Waals surface area contributed by atoms with Crippen LogP contribution >= 0.6 is 0 Å². The number of carbonyl (C=O) groups excluding carboxylic acids is 4. The Morgan fingerprint density at radius 3 is 1.24 bits per heavy atom. The van der Waals surface area contributed by atoms with Crippen LogP contribution in [0.4, 0.5) is 21.0 Å². The van der Waals surface area contributed by atoms with Gasteiger partial charge in [0.05, 0.1) is 50.1 Å². The highest BCUT2D eigenvalue weighted by atomic mass is 28.3. The molecule has 4 aromatic rings. The smallest absolute Gasteiger partial charge is 0.407 e. The van der Waals surface area contributed by atoms with Crippen molar-refractivity contribution in [3.63, 3.8) is 0 Å². The van der Waals surface area contributed by atoms with Crippen LogP contribution in [0.25, 0.3) is 22.5 Å². The van der Waals surface area contributed by atoms with Crippen molar-refractivity contribution in [3.05, 3.63) is 72.6 Å². The van der Waals surface area contributed by atoms with Crippen LogP contribution in [-0.4, -0.2) is 148 Å². The van der Waals surface area contributed by atoms with Crippen LogP contribution in [0.1, 0.15) is 77.1 Å². The maximum absolute atomic E-state index is 14.1. The van der Waals surface area contributed by atoms with Crippen molar-refractivity contribution in [3.8, 4) is 22.5 Å². The molecule has 3 saturated heterocycles. The molecule has 18 nitrogen and oxygen atoms in total. The minimum absolute atomic E-state index is 0.130. The van der Waals surface area contributed by atoms with Gasteiger partial charge in [0, 0.05) is 80.0 Å². The first-order valence-corrected chi connectivity index (χ1v) is 34.9. The Balaban J connectivity index is 1.04. The molecule has 76 heavy (non-hydrogen) atoms. The first kappa shape index (κ1) is 58.0. The van der Waals surface area contributed by atoms with Gasteiger partial charge in [-0.15, -0.1) is 0 Å². The summed E-state index contributed by atoms with van der Waals surface area (Å²) in [4.78, 5) is 71.3. The van der Waals surface area contributed by atoms with Crippen LogP contribution in [0, 0.1) is 11.8 Å². The minimum Gasteiger partial charge on any atom is -0.453 e. The molecule has 4 atom stereocenters. The summed E-state index contributed by atoms with van der Waals surface area (Å²) >= 11 is 0. The fourth-order valence-electron chi connectivity index (χ4n) is 10.4. The quantitative estimate of drug-likeness (QED) is 0.0564. The number of anilines is 2. The summed E-state index contributed by atoms with van der Waals surface area (Å²) in [6, 6.07) is 17.5. The monoisotopic (exact) mass is 1080 g/mol. The van der Waals surface area contributed by atoms with Gasteiger partial charge in [-0.25, -0.2) is 19.6 Å². The number of aromatic nitrogens is 4. The highest BCUT2D eigenvalue weighted by Crippen LogP contribution is 2.38. The predicted octanol–water partition coefficient (Wildman–Crippen LogP) is 9.45. The molecule has 2 aromatic heterocycles. The third kappa shape index (κ3) is 14.5. The molecule has 0 saturated carbocycles. The van der Waals surface area contributed by atoms with E-state index in [2.05, 4.69) is 117 Å². The molecular formula is C56H86N10O8Si2. The van der Waals surface area contributed by atoms with E-state index >= 15 is 0 Å². The Hall–Kier alpha value is -5.71. The lowest BCUT2D eigenvalue weighted by Crippen LogP contribution is -2.51. The van der Waals surface area contributed by atoms with E-state index < -0.39 is 40.4 Å². The lowest BCUT2D eigenvalue weighted by atomic mass is 10.0. The molecule has 0 spiro atoms. The van der Waals surface area contributed by atoms with Crippen molar-refractivity contribution >= 4 is 51.5 Å². The van der Waals surface area contributed by atoms with Crippen LogP contribution in [0.15, 0.2) is 60.9 Å². The standard InChI is InChI=1S/C56H86N10O8Si2/c1-39(2)49(59-55(69)71-5)53(67)63-25-13-15-45(63)51-57-35-47(65(51)37-73-31-33-75(7,8)9)41-17-21-43(22-18-41)61-27-29-62(30-28-61)44-23-19-42(20-24-44)48-36-58-52(66(48)38-74-32-34-76(10,11)12)46-16-14-26-64(46)54(68)50(40(3)4)60-56(70)72-6/h17-24,35-36,39-40,45-46,49-50H,13-16,25-34,37-38H2,1-12H3,(H,59,69)(H,60,70). The van der Waals surface area contributed by atoms with Crippen LogP contribution in [0.3, 0.4) is 0 Å². The number of alkyl carbamates (subject to hydrolysis) is 2. The first-order valence-electron chi connectivity index (χ1n) is 27.4. The zero-order chi connectivity index (χ0) is 54.9. The number of nitrogens with one attached hydrogen (secondary N) is 2. The molecule has 3 fully saturated rings. The molecule has 2 N–H and O–H groups in total. The molecule has 3 aliphatic heterocycles. The number of amides is 4. The third-order valence-electron chi connectivity index (χ3n) is 15.0. The number of hydrogen-bond donors (Lipinski definition) is 2. The minimum atomic E-state index is -1.33. The topological polar surface area (TPSA) is 178 Å². The van der Waals surface area contributed by atoms with Gasteiger partial charge in [0.15, 0.2) is 0 Å². The Morgan fingerprint density at radius 2 is 0.921 bits per heavy atom. The SMILES string of the molecule is COC(=O)NC(C(=O)N1CCCC1c1ncc(-c2ccc(N3CCN(c4ccc(-c5cnc(C6CCCN6C(=O)C(NC(=O)OC)C(C)C)n5COCC[Si](C)(C)C)cc4)CC3)cc2)n1COCC[Si](C)(C)C)C(C)C. The Kier molecular flexibility index (Phi) is 19.6. The molecule has 0 bridgehead atoms. The van der Waals surface area contributed by atoms with Gasteiger partial charge < -0.3 is 58.3 Å². The Bertz CT molecular complexity index is 2390. The second kappa shape index (κ2) is 25.6. The van der Waals surface area contributed by atoms with E-state index in [9.17, 15) is 19.2 Å². The molecule has 416 valence electrons. The second-order valence-electron chi connectivity index (χ2n) is 23.7. The van der Waals surface area contributed by atoms with Gasteiger partial charge >= 0.3 is 12.2 Å². The van der Waals surface area contributed by atoms with Crippen LogP contribution in [-0.2, 0) is 42.0 Å². The van der Waals surface area contributed by atoms with Gasteiger partial charge in [-0.3, -0.25) is 9.59 Å². The molecule has 20 heteroatoms. The van der Waals surface area contributed by atoms with E-state index in [0.717, 1.165) is 109 Å². The molecular weight excluding hydrogens is 997 g/mol. The summed E-state index contributed by atoms with van der Waals surface area (Å²) in [6.07, 6.45) is 5.76. The van der Waals surface area contributed by atoms with Crippen molar-refractivity contribution in [1.29, 1.82) is 0 Å². The molecule has 4 unspecified atom stereocenters. The molecule has 4 amide bonds. The highest BCUT2D eigenvalue weighted by Gasteiger charge is 2.40. The number of ether oxygens (including phenoxy) is 4. The summed E-state index contributed by atoms with van der Waals surface area (Å²) in [5.41, 5.74) is 6.21. The van der Waals surface area contributed by atoms with Gasteiger partial charge in [0.2, 0.25) is 11.8 Å². The van der Waals surface area contributed by atoms with E-state index in [0.29, 0.717) is 39.8 Å². The number of piperazine rings is 1. The van der Waals surface area contributed by atoms with Gasteiger partial charge in [-0.05, 0) is 85.0 Å². The summed E-state index contributed by atoms with van der Waals surface area (Å²) in [6.45, 7) is 28.3. The first-order chi connectivity index (χ1) is 36.2. The number of benzene rings is 2. The number of likely N-dealkylation sites (tertiary alicyclic amines) is 2. The van der Waals surface area contributed by atoms with Crippen molar-refractivity contribution < 1.29 is 38.1 Å². The van der Waals surface area contributed by atoms with E-state index in [-0.39, 0.29) is 35.7 Å². The lowest BCUT2D eigenvalue weighted by Gasteiger charge is -2.37. The van der Waals surface area contributed by atoms with Crippen molar-refractivity contribution in [2.24, 2.45) is 11.8 Å². The molecule has 2 aromatic carbocycles. The highest BCUT2D eigenvalue weighted by molar-refractivity contribution is 6.76. The van der Waals surface area contributed by atoms with Crippen LogP contribution in [0.2, 0.25) is 51.4 Å². The average molecular weight is 1080 g/mol. The molecule has 3 aliphatic rings. The third-order valence-corrected chi connectivity index (χ3v) is 18.4. The maximum atomic E-state index is 14.1. The van der Waals surface area contributed by atoms with Crippen LogP contribution < -0.4 is 20.4 Å². The number of imidazole rings is 2.